The van der Waals surface area contributed by atoms with Crippen LogP contribution in [0.3, 0.4) is 0 Å². The third-order valence-electron chi connectivity index (χ3n) is 3.45. The predicted molar refractivity (Wildman–Crippen MR) is 52.7 cm³/mol. The van der Waals surface area contributed by atoms with Gasteiger partial charge in [-0.15, -0.1) is 0 Å². The van der Waals surface area contributed by atoms with Gasteiger partial charge in [0.15, 0.2) is 0 Å². The predicted octanol–water partition coefficient (Wildman–Crippen LogP) is 3.05. The smallest absolute Gasteiger partial charge is 0.0416 e. The van der Waals surface area contributed by atoms with Gasteiger partial charge in [0, 0.05) is 6.54 Å². The summed E-state index contributed by atoms with van der Waals surface area (Å²) >= 11 is 0. The Kier molecular flexibility index (Phi) is 2.80. The van der Waals surface area contributed by atoms with Crippen molar-refractivity contribution in [3.05, 3.63) is 0 Å². The molecule has 2 rings (SSSR count). The van der Waals surface area contributed by atoms with Gasteiger partial charge < -0.3 is 0 Å². The maximum atomic E-state index is 4.41. The molecule has 0 amide bonds. The molecule has 2 aliphatic rings. The van der Waals surface area contributed by atoms with Crippen LogP contribution in [0.1, 0.15) is 44.9 Å². The molecule has 0 N–H and O–H groups in total. The average molecular weight is 165 g/mol. The molecule has 1 atom stereocenters. The monoisotopic (exact) mass is 165 g/mol. The first-order valence-corrected chi connectivity index (χ1v) is 5.45. The Morgan fingerprint density at radius 2 is 1.75 bits per heavy atom. The molecule has 68 valence electrons. The van der Waals surface area contributed by atoms with E-state index in [2.05, 4.69) is 11.2 Å². The lowest BCUT2D eigenvalue weighted by Crippen LogP contribution is -2.22. The van der Waals surface area contributed by atoms with Crippen LogP contribution in [0.2, 0.25) is 0 Å². The Balaban J connectivity index is 1.85. The van der Waals surface area contributed by atoms with E-state index in [1.807, 2.05) is 0 Å². The van der Waals surface area contributed by atoms with Crippen molar-refractivity contribution in [2.45, 2.75) is 44.9 Å². The van der Waals surface area contributed by atoms with E-state index in [1.54, 1.807) is 0 Å². The lowest BCUT2D eigenvalue weighted by atomic mass is 9.77. The quantitative estimate of drug-likeness (QED) is 0.566. The lowest BCUT2D eigenvalue weighted by Gasteiger charge is -2.30. The average Bonchev–Trinajstić information content (AvgIpc) is 2.21. The van der Waals surface area contributed by atoms with E-state index < -0.39 is 0 Å². The highest BCUT2D eigenvalue weighted by molar-refractivity contribution is 5.57. The second kappa shape index (κ2) is 4.06. The van der Waals surface area contributed by atoms with Gasteiger partial charge in [-0.05, 0) is 30.9 Å². The minimum atomic E-state index is 0.940. The van der Waals surface area contributed by atoms with Gasteiger partial charge in [0.25, 0.3) is 0 Å². The summed E-state index contributed by atoms with van der Waals surface area (Å²) < 4.78 is 0. The van der Waals surface area contributed by atoms with Gasteiger partial charge in [0.05, 0.1) is 0 Å². The summed E-state index contributed by atoms with van der Waals surface area (Å²) in [6.45, 7) is 1.13. The van der Waals surface area contributed by atoms with Crippen LogP contribution in [0.25, 0.3) is 0 Å². The van der Waals surface area contributed by atoms with Crippen molar-refractivity contribution in [3.8, 4) is 0 Å². The van der Waals surface area contributed by atoms with Crippen LogP contribution in [0.5, 0.6) is 0 Å². The van der Waals surface area contributed by atoms with Gasteiger partial charge in [0.2, 0.25) is 0 Å². The van der Waals surface area contributed by atoms with Gasteiger partial charge in [-0.2, -0.15) is 0 Å². The molecule has 0 aromatic heterocycles. The van der Waals surface area contributed by atoms with Gasteiger partial charge >= 0.3 is 0 Å². The zero-order chi connectivity index (χ0) is 8.23. The van der Waals surface area contributed by atoms with Crippen molar-refractivity contribution in [2.75, 3.05) is 6.54 Å². The zero-order valence-electron chi connectivity index (χ0n) is 7.84. The fraction of sp³-hybridized carbons (Fsp3) is 0.909. The summed E-state index contributed by atoms with van der Waals surface area (Å²) in [5, 5.41) is 0. The van der Waals surface area contributed by atoms with Crippen LogP contribution in [0, 0.1) is 11.8 Å². The number of hydrogen-bond donors (Lipinski definition) is 0. The molecule has 1 heterocycles. The summed E-state index contributed by atoms with van der Waals surface area (Å²) in [5.74, 6) is 1.96. The fourth-order valence-corrected chi connectivity index (χ4v) is 2.67. The van der Waals surface area contributed by atoms with Crippen LogP contribution >= 0.6 is 0 Å². The Morgan fingerprint density at radius 1 is 0.917 bits per heavy atom. The Hall–Kier alpha value is -0.330. The van der Waals surface area contributed by atoms with E-state index in [9.17, 15) is 0 Å². The first kappa shape index (κ1) is 8.28. The summed E-state index contributed by atoms with van der Waals surface area (Å²) in [6.07, 6.45) is 12.2. The number of nitrogens with zero attached hydrogens (tertiary/aromatic N) is 1. The molecule has 0 aromatic rings. The Labute approximate surface area is 75.3 Å². The van der Waals surface area contributed by atoms with E-state index in [1.165, 1.54) is 44.9 Å². The Morgan fingerprint density at radius 3 is 2.42 bits per heavy atom. The molecule has 12 heavy (non-hydrogen) atoms. The van der Waals surface area contributed by atoms with Crippen LogP contribution in [0.15, 0.2) is 4.99 Å². The summed E-state index contributed by atoms with van der Waals surface area (Å²) in [7, 11) is 0. The van der Waals surface area contributed by atoms with Crippen molar-refractivity contribution < 1.29 is 0 Å². The number of hydrogen-bond acceptors (Lipinski definition) is 1. The van der Waals surface area contributed by atoms with Crippen molar-refractivity contribution in [3.63, 3.8) is 0 Å². The molecule has 0 spiro atoms. The minimum Gasteiger partial charge on any atom is -0.297 e. The molecule has 1 saturated carbocycles. The maximum Gasteiger partial charge on any atom is 0.0416 e. The van der Waals surface area contributed by atoms with E-state index in [0.29, 0.717) is 0 Å². The molecule has 1 unspecified atom stereocenters. The highest BCUT2D eigenvalue weighted by Crippen LogP contribution is 2.33. The van der Waals surface area contributed by atoms with Gasteiger partial charge in [0.1, 0.15) is 0 Å². The molecule has 1 fully saturated rings. The van der Waals surface area contributed by atoms with E-state index in [4.69, 9.17) is 0 Å². The van der Waals surface area contributed by atoms with Crippen LogP contribution in [-0.2, 0) is 0 Å². The van der Waals surface area contributed by atoms with Crippen LogP contribution in [-0.4, -0.2) is 12.8 Å². The fourth-order valence-electron chi connectivity index (χ4n) is 2.67. The van der Waals surface area contributed by atoms with Gasteiger partial charge in [-0.3, -0.25) is 4.99 Å². The topological polar surface area (TPSA) is 12.4 Å². The molecule has 1 nitrogen and oxygen atoms in total. The van der Waals surface area contributed by atoms with Gasteiger partial charge in [-0.1, -0.05) is 32.1 Å². The molecular weight excluding hydrogens is 146 g/mol. The van der Waals surface area contributed by atoms with E-state index in [0.717, 1.165) is 18.4 Å². The van der Waals surface area contributed by atoms with Gasteiger partial charge in [-0.25, -0.2) is 0 Å². The third-order valence-corrected chi connectivity index (χ3v) is 3.45. The SMILES string of the molecule is C1=NCC(C2CCCCC2)CC1. The summed E-state index contributed by atoms with van der Waals surface area (Å²) in [5.41, 5.74) is 0. The van der Waals surface area contributed by atoms with E-state index >= 15 is 0 Å². The third kappa shape index (κ3) is 1.88. The molecule has 0 bridgehead atoms. The first-order chi connectivity index (χ1) is 5.97. The molecule has 0 radical (unpaired) electrons. The Bertz CT molecular complexity index is 156. The van der Waals surface area contributed by atoms with Crippen molar-refractivity contribution in [1.82, 2.24) is 0 Å². The highest BCUT2D eigenvalue weighted by atomic mass is 14.7. The van der Waals surface area contributed by atoms with E-state index in [-0.39, 0.29) is 0 Å². The normalized spacial score (nSPS) is 32.2. The summed E-state index contributed by atoms with van der Waals surface area (Å²) in [6, 6.07) is 0. The van der Waals surface area contributed by atoms with Crippen LogP contribution < -0.4 is 0 Å². The first-order valence-electron chi connectivity index (χ1n) is 5.45. The van der Waals surface area contributed by atoms with Crippen molar-refractivity contribution >= 4 is 6.21 Å². The molecular formula is C11H19N. The molecule has 1 aliphatic carbocycles. The standard InChI is InChI=1S/C11H19N/c1-2-5-10(6-3-1)11-7-4-8-12-9-11/h8,10-11H,1-7,9H2. The summed E-state index contributed by atoms with van der Waals surface area (Å²) in [4.78, 5) is 4.41. The molecule has 0 aromatic carbocycles. The lowest BCUT2D eigenvalue weighted by molar-refractivity contribution is 0.241. The van der Waals surface area contributed by atoms with Crippen molar-refractivity contribution in [2.24, 2.45) is 16.8 Å². The number of aliphatic imine (C=N–C) groups is 1. The van der Waals surface area contributed by atoms with Crippen LogP contribution in [0.4, 0.5) is 0 Å². The molecule has 1 heteroatoms. The second-order valence-electron chi connectivity index (χ2n) is 4.28. The molecule has 1 aliphatic heterocycles. The van der Waals surface area contributed by atoms with Crippen molar-refractivity contribution in [1.29, 1.82) is 0 Å². The highest BCUT2D eigenvalue weighted by Gasteiger charge is 2.23. The zero-order valence-corrected chi connectivity index (χ0v) is 7.84. The minimum absolute atomic E-state index is 0.940. The number of rotatable bonds is 1. The second-order valence-corrected chi connectivity index (χ2v) is 4.28. The largest absolute Gasteiger partial charge is 0.297 e. The maximum absolute atomic E-state index is 4.41. The molecule has 0 saturated heterocycles.